The fraction of sp³-hybridized carbons (Fsp3) is 0.550. The van der Waals surface area contributed by atoms with Gasteiger partial charge in [-0.2, -0.15) is 4.31 Å². The molecule has 2 saturated heterocycles. The number of carbonyl (C=O) groups excluding carboxylic acids is 1. The highest BCUT2D eigenvalue weighted by atomic mass is 32.2. The molecule has 2 aliphatic heterocycles. The largest absolute Gasteiger partial charge is 0.348 e. The number of sulfonamides is 1. The van der Waals surface area contributed by atoms with E-state index in [1.54, 1.807) is 4.31 Å². The average molecular weight is 418 g/mol. The summed E-state index contributed by atoms with van der Waals surface area (Å²) in [7, 11) is -3.36. The fourth-order valence-corrected chi connectivity index (χ4v) is 6.41. The van der Waals surface area contributed by atoms with E-state index in [2.05, 4.69) is 15.5 Å². The Morgan fingerprint density at radius 3 is 2.79 bits per heavy atom. The molecule has 1 amide bonds. The van der Waals surface area contributed by atoms with Gasteiger partial charge in [-0.15, -0.1) is 10.2 Å². The van der Waals surface area contributed by atoms with Gasteiger partial charge in [-0.3, -0.25) is 9.20 Å². The van der Waals surface area contributed by atoms with Crippen LogP contribution in [0.4, 0.5) is 0 Å². The number of aromatic nitrogens is 3. The highest BCUT2D eigenvalue weighted by molar-refractivity contribution is 7.88. The number of hydrogen-bond acceptors (Lipinski definition) is 5. The molecule has 2 aromatic heterocycles. The van der Waals surface area contributed by atoms with Gasteiger partial charge >= 0.3 is 0 Å². The van der Waals surface area contributed by atoms with Crippen molar-refractivity contribution in [3.8, 4) is 0 Å². The van der Waals surface area contributed by atoms with Gasteiger partial charge in [0.1, 0.15) is 0 Å². The molecule has 29 heavy (non-hydrogen) atoms. The number of hydrogen-bond donors (Lipinski definition) is 1. The van der Waals surface area contributed by atoms with Crippen LogP contribution in [0.1, 0.15) is 45.4 Å². The molecule has 2 aliphatic rings. The predicted molar refractivity (Wildman–Crippen MR) is 109 cm³/mol. The van der Waals surface area contributed by atoms with Gasteiger partial charge in [0.25, 0.3) is 0 Å². The molecule has 2 bridgehead atoms. The van der Waals surface area contributed by atoms with Gasteiger partial charge in [-0.25, -0.2) is 8.42 Å². The zero-order valence-corrected chi connectivity index (χ0v) is 17.8. The van der Waals surface area contributed by atoms with Crippen molar-refractivity contribution in [2.45, 2.75) is 58.2 Å². The predicted octanol–water partition coefficient (Wildman–Crippen LogP) is 1.88. The van der Waals surface area contributed by atoms with Crippen molar-refractivity contribution < 1.29 is 13.2 Å². The molecule has 4 heterocycles. The van der Waals surface area contributed by atoms with Crippen molar-refractivity contribution in [3.05, 3.63) is 41.9 Å². The van der Waals surface area contributed by atoms with Crippen LogP contribution < -0.4 is 5.32 Å². The third kappa shape index (κ3) is 3.46. The third-order valence-corrected chi connectivity index (χ3v) is 7.50. The van der Waals surface area contributed by atoms with Crippen LogP contribution in [-0.2, 0) is 21.4 Å². The van der Waals surface area contributed by atoms with E-state index in [1.807, 2.05) is 48.7 Å². The van der Waals surface area contributed by atoms with Crippen LogP contribution >= 0.6 is 0 Å². The summed E-state index contributed by atoms with van der Waals surface area (Å²) in [6, 6.07) is 5.23. The number of rotatable bonds is 6. The lowest BCUT2D eigenvalue weighted by atomic mass is 9.70. The molecule has 2 fully saturated rings. The molecule has 9 heteroatoms. The zero-order chi connectivity index (χ0) is 20.8. The van der Waals surface area contributed by atoms with Gasteiger partial charge in [0.15, 0.2) is 11.5 Å². The van der Waals surface area contributed by atoms with Gasteiger partial charge in [0.2, 0.25) is 15.9 Å². The number of pyridine rings is 1. The van der Waals surface area contributed by atoms with Crippen LogP contribution in [0.15, 0.2) is 36.0 Å². The summed E-state index contributed by atoms with van der Waals surface area (Å²) in [4.78, 5) is 13.5. The Morgan fingerprint density at radius 2 is 2.10 bits per heavy atom. The molecule has 0 radical (unpaired) electrons. The molecule has 0 spiro atoms. The number of amides is 1. The molecular formula is C20H27N5O3S. The summed E-state index contributed by atoms with van der Waals surface area (Å²) in [6.45, 7) is 4.24. The van der Waals surface area contributed by atoms with Crippen LogP contribution in [0.2, 0.25) is 0 Å². The molecule has 0 saturated carbocycles. The first-order valence-electron chi connectivity index (χ1n) is 9.91. The van der Waals surface area contributed by atoms with Crippen molar-refractivity contribution in [2.24, 2.45) is 5.41 Å². The minimum absolute atomic E-state index is 0.0970. The molecule has 3 atom stereocenters. The van der Waals surface area contributed by atoms with E-state index >= 15 is 0 Å². The molecule has 2 aromatic rings. The summed E-state index contributed by atoms with van der Waals surface area (Å²) < 4.78 is 28.2. The third-order valence-electron chi connectivity index (χ3n) is 6.18. The lowest BCUT2D eigenvalue weighted by molar-refractivity contribution is -0.132. The van der Waals surface area contributed by atoms with Crippen molar-refractivity contribution in [3.63, 3.8) is 0 Å². The van der Waals surface area contributed by atoms with Crippen LogP contribution in [0.25, 0.3) is 5.65 Å². The summed E-state index contributed by atoms with van der Waals surface area (Å²) in [6.07, 6.45) is 7.78. The van der Waals surface area contributed by atoms with Crippen molar-refractivity contribution in [1.29, 1.82) is 0 Å². The fourth-order valence-electron chi connectivity index (χ4n) is 4.92. The van der Waals surface area contributed by atoms with Crippen molar-refractivity contribution in [1.82, 2.24) is 24.2 Å². The molecule has 0 unspecified atom stereocenters. The number of allylic oxidation sites excluding steroid dienone is 2. The van der Waals surface area contributed by atoms with E-state index in [1.165, 1.54) is 6.26 Å². The Kier molecular flexibility index (Phi) is 4.98. The van der Waals surface area contributed by atoms with Crippen molar-refractivity contribution >= 4 is 21.6 Å². The van der Waals surface area contributed by atoms with E-state index < -0.39 is 15.4 Å². The molecular weight excluding hydrogens is 390 g/mol. The van der Waals surface area contributed by atoms with Gasteiger partial charge in [-0.1, -0.05) is 17.7 Å². The molecule has 0 aliphatic carbocycles. The lowest BCUT2D eigenvalue weighted by Gasteiger charge is -2.35. The summed E-state index contributed by atoms with van der Waals surface area (Å²) in [5.41, 5.74) is 1.09. The standard InChI is InChI=1S/C20H27N5O3S/c1-14(2)9-10-20(12-15-7-8-16(20)25(15)29(3,27)28)19(26)21-13-18-23-22-17-6-4-5-11-24(17)18/h4-6,9,11,15-16H,7-8,10,12-13H2,1-3H3,(H,21,26)/t15-,16+,20+/m1/s1. The first-order chi connectivity index (χ1) is 13.7. The number of nitrogens with zero attached hydrogens (tertiary/aromatic N) is 4. The van der Waals surface area contributed by atoms with Gasteiger partial charge in [0, 0.05) is 18.3 Å². The monoisotopic (exact) mass is 417 g/mol. The second-order valence-electron chi connectivity index (χ2n) is 8.41. The molecule has 0 aromatic carbocycles. The van der Waals surface area contributed by atoms with E-state index in [-0.39, 0.29) is 24.5 Å². The van der Waals surface area contributed by atoms with Gasteiger partial charge in [0.05, 0.1) is 18.2 Å². The zero-order valence-electron chi connectivity index (χ0n) is 17.0. The highest BCUT2D eigenvalue weighted by Crippen LogP contribution is 2.53. The molecule has 8 nitrogen and oxygen atoms in total. The molecule has 1 N–H and O–H groups in total. The SMILES string of the molecule is CC(C)=CC[C@]1(C(=O)NCc2nnc3ccccn23)C[C@H]2CC[C@@H]1N2S(C)(=O)=O. The minimum atomic E-state index is -3.36. The normalized spacial score (nSPS) is 26.7. The Morgan fingerprint density at radius 1 is 1.31 bits per heavy atom. The Bertz CT molecular complexity index is 1070. The summed E-state index contributed by atoms with van der Waals surface area (Å²) in [5, 5.41) is 11.3. The maximum absolute atomic E-state index is 13.5. The quantitative estimate of drug-likeness (QED) is 0.724. The van der Waals surface area contributed by atoms with E-state index in [9.17, 15) is 13.2 Å². The number of carbonyl (C=O) groups is 1. The van der Waals surface area contributed by atoms with E-state index in [0.29, 0.717) is 18.7 Å². The number of nitrogens with one attached hydrogen (secondary N) is 1. The van der Waals surface area contributed by atoms with Gasteiger partial charge < -0.3 is 5.32 Å². The first-order valence-corrected chi connectivity index (χ1v) is 11.8. The van der Waals surface area contributed by atoms with Crippen LogP contribution in [0, 0.1) is 5.41 Å². The van der Waals surface area contributed by atoms with Gasteiger partial charge in [-0.05, 0) is 51.7 Å². The second kappa shape index (κ2) is 7.21. The van der Waals surface area contributed by atoms with E-state index in [0.717, 1.165) is 24.1 Å². The summed E-state index contributed by atoms with van der Waals surface area (Å²) in [5.74, 6) is 0.540. The topological polar surface area (TPSA) is 96.7 Å². The van der Waals surface area contributed by atoms with Crippen LogP contribution in [0.5, 0.6) is 0 Å². The first kappa shape index (κ1) is 20.0. The second-order valence-corrected chi connectivity index (χ2v) is 10.3. The Balaban J connectivity index is 1.61. The van der Waals surface area contributed by atoms with E-state index in [4.69, 9.17) is 0 Å². The molecule has 156 valence electrons. The summed E-state index contributed by atoms with van der Waals surface area (Å²) >= 11 is 0. The maximum atomic E-state index is 13.5. The number of fused-ring (bicyclic) bond motifs is 3. The average Bonchev–Trinajstić information content (AvgIpc) is 3.36. The van der Waals surface area contributed by atoms with Crippen LogP contribution in [0.3, 0.4) is 0 Å². The molecule has 4 rings (SSSR count). The smallest absolute Gasteiger partial charge is 0.228 e. The maximum Gasteiger partial charge on any atom is 0.228 e. The minimum Gasteiger partial charge on any atom is -0.348 e. The van der Waals surface area contributed by atoms with Crippen LogP contribution in [-0.4, -0.2) is 51.6 Å². The lowest BCUT2D eigenvalue weighted by Crippen LogP contribution is -2.49. The van der Waals surface area contributed by atoms with Crippen molar-refractivity contribution in [2.75, 3.05) is 6.26 Å². The highest BCUT2D eigenvalue weighted by Gasteiger charge is 2.61. The Labute approximate surface area is 171 Å². The Hall–Kier alpha value is -2.26.